The molecule has 4 heteroatoms. The van der Waals surface area contributed by atoms with E-state index < -0.39 is 0 Å². The fourth-order valence-electron chi connectivity index (χ4n) is 1.63. The maximum Gasteiger partial charge on any atom is 0.133 e. The first-order valence-corrected chi connectivity index (χ1v) is 7.54. The molecule has 2 aromatic rings. The van der Waals surface area contributed by atoms with Crippen LogP contribution in [0.5, 0.6) is 5.75 Å². The maximum absolute atomic E-state index is 5.84. The molecule has 18 heavy (non-hydrogen) atoms. The SMILES string of the molecule is C[C@@H](N)c1ccc(OCCc2cccs2)c(Br)c1. The molecule has 1 heterocycles. The molecular formula is C14H16BrNOS. The van der Waals surface area contributed by atoms with Gasteiger partial charge in [0.25, 0.3) is 0 Å². The Hall–Kier alpha value is -0.840. The topological polar surface area (TPSA) is 35.2 Å². The third kappa shape index (κ3) is 3.57. The Kier molecular flexibility index (Phi) is 4.80. The molecule has 1 aromatic carbocycles. The zero-order chi connectivity index (χ0) is 13.0. The summed E-state index contributed by atoms with van der Waals surface area (Å²) in [7, 11) is 0. The average Bonchev–Trinajstić information content (AvgIpc) is 2.84. The van der Waals surface area contributed by atoms with Crippen molar-refractivity contribution in [3.63, 3.8) is 0 Å². The molecule has 0 aliphatic carbocycles. The van der Waals surface area contributed by atoms with Crippen molar-refractivity contribution in [3.8, 4) is 5.75 Å². The molecule has 0 radical (unpaired) electrons. The van der Waals surface area contributed by atoms with Crippen molar-refractivity contribution >= 4 is 27.3 Å². The Bertz CT molecular complexity index is 497. The fourth-order valence-corrected chi connectivity index (χ4v) is 2.83. The lowest BCUT2D eigenvalue weighted by molar-refractivity contribution is 0.321. The summed E-state index contributed by atoms with van der Waals surface area (Å²) in [5, 5.41) is 2.09. The van der Waals surface area contributed by atoms with Crippen LogP contribution in [0.25, 0.3) is 0 Å². The van der Waals surface area contributed by atoms with E-state index in [-0.39, 0.29) is 6.04 Å². The summed E-state index contributed by atoms with van der Waals surface area (Å²) in [5.41, 5.74) is 6.94. The van der Waals surface area contributed by atoms with E-state index in [9.17, 15) is 0 Å². The molecule has 0 aliphatic rings. The number of ether oxygens (including phenoxy) is 1. The second-order valence-electron chi connectivity index (χ2n) is 4.16. The van der Waals surface area contributed by atoms with Crippen molar-refractivity contribution in [3.05, 3.63) is 50.6 Å². The van der Waals surface area contributed by atoms with Crippen molar-refractivity contribution in [2.75, 3.05) is 6.61 Å². The van der Waals surface area contributed by atoms with Gasteiger partial charge >= 0.3 is 0 Å². The molecule has 0 saturated carbocycles. The number of hydrogen-bond acceptors (Lipinski definition) is 3. The van der Waals surface area contributed by atoms with Crippen LogP contribution in [0.4, 0.5) is 0 Å². The van der Waals surface area contributed by atoms with Crippen LogP contribution in [0, 0.1) is 0 Å². The highest BCUT2D eigenvalue weighted by Gasteiger charge is 2.05. The molecule has 96 valence electrons. The van der Waals surface area contributed by atoms with Crippen LogP contribution in [0.2, 0.25) is 0 Å². The van der Waals surface area contributed by atoms with Crippen molar-refractivity contribution in [1.29, 1.82) is 0 Å². The lowest BCUT2D eigenvalue weighted by Gasteiger charge is -2.11. The normalized spacial score (nSPS) is 12.4. The van der Waals surface area contributed by atoms with Crippen molar-refractivity contribution in [2.45, 2.75) is 19.4 Å². The molecule has 0 spiro atoms. The third-order valence-electron chi connectivity index (χ3n) is 2.67. The van der Waals surface area contributed by atoms with Crippen LogP contribution in [0.3, 0.4) is 0 Å². The Balaban J connectivity index is 1.93. The van der Waals surface area contributed by atoms with Crippen LogP contribution in [-0.4, -0.2) is 6.61 Å². The molecule has 0 saturated heterocycles. The van der Waals surface area contributed by atoms with Gasteiger partial charge in [-0.1, -0.05) is 12.1 Å². The molecule has 2 N–H and O–H groups in total. The summed E-state index contributed by atoms with van der Waals surface area (Å²) < 4.78 is 6.73. The molecular weight excluding hydrogens is 310 g/mol. The van der Waals surface area contributed by atoms with E-state index in [4.69, 9.17) is 10.5 Å². The minimum Gasteiger partial charge on any atom is -0.492 e. The lowest BCUT2D eigenvalue weighted by Crippen LogP contribution is -2.05. The van der Waals surface area contributed by atoms with E-state index in [2.05, 4.69) is 33.4 Å². The quantitative estimate of drug-likeness (QED) is 0.896. The standard InChI is InChI=1S/C14H16BrNOS/c1-10(16)11-4-5-14(13(15)9-11)17-7-6-12-3-2-8-18-12/h2-5,8-10H,6-7,16H2,1H3/t10-/m1/s1. The van der Waals surface area contributed by atoms with Gasteiger partial charge in [0.05, 0.1) is 11.1 Å². The first-order chi connectivity index (χ1) is 8.66. The minimum absolute atomic E-state index is 0.0430. The summed E-state index contributed by atoms with van der Waals surface area (Å²) in [4.78, 5) is 1.35. The summed E-state index contributed by atoms with van der Waals surface area (Å²) in [6, 6.07) is 10.2. The van der Waals surface area contributed by atoms with E-state index in [1.54, 1.807) is 11.3 Å². The van der Waals surface area contributed by atoms with Gasteiger partial charge in [-0.15, -0.1) is 11.3 Å². The molecule has 0 fully saturated rings. The molecule has 1 aromatic heterocycles. The molecule has 1 atom stereocenters. The van der Waals surface area contributed by atoms with Crippen LogP contribution in [0.15, 0.2) is 40.2 Å². The predicted molar refractivity (Wildman–Crippen MR) is 80.3 cm³/mol. The first-order valence-electron chi connectivity index (χ1n) is 5.87. The highest BCUT2D eigenvalue weighted by Crippen LogP contribution is 2.28. The van der Waals surface area contributed by atoms with Gasteiger partial charge in [-0.25, -0.2) is 0 Å². The van der Waals surface area contributed by atoms with Crippen molar-refractivity contribution in [2.24, 2.45) is 5.73 Å². The lowest BCUT2D eigenvalue weighted by atomic mass is 10.1. The van der Waals surface area contributed by atoms with E-state index in [1.807, 2.05) is 25.1 Å². The minimum atomic E-state index is 0.0430. The van der Waals surface area contributed by atoms with Crippen molar-refractivity contribution < 1.29 is 4.74 Å². The second kappa shape index (κ2) is 6.36. The van der Waals surface area contributed by atoms with Gasteiger partial charge in [-0.05, 0) is 52.0 Å². The third-order valence-corrected chi connectivity index (χ3v) is 4.22. The van der Waals surface area contributed by atoms with E-state index in [0.29, 0.717) is 6.61 Å². The first kappa shape index (κ1) is 13.6. The van der Waals surface area contributed by atoms with Gasteiger partial charge in [0.1, 0.15) is 5.75 Å². The molecule has 2 rings (SSSR count). The van der Waals surface area contributed by atoms with Gasteiger partial charge < -0.3 is 10.5 Å². The van der Waals surface area contributed by atoms with Crippen LogP contribution in [0.1, 0.15) is 23.4 Å². The maximum atomic E-state index is 5.84. The van der Waals surface area contributed by atoms with Gasteiger partial charge in [-0.2, -0.15) is 0 Å². The van der Waals surface area contributed by atoms with Gasteiger partial charge in [-0.3, -0.25) is 0 Å². The number of nitrogens with two attached hydrogens (primary N) is 1. The smallest absolute Gasteiger partial charge is 0.133 e. The molecule has 2 nitrogen and oxygen atoms in total. The summed E-state index contributed by atoms with van der Waals surface area (Å²) in [6.07, 6.45) is 0.944. The molecule has 0 bridgehead atoms. The number of rotatable bonds is 5. The molecule has 0 unspecified atom stereocenters. The highest BCUT2D eigenvalue weighted by atomic mass is 79.9. The van der Waals surface area contributed by atoms with Gasteiger partial charge in [0, 0.05) is 17.3 Å². The van der Waals surface area contributed by atoms with E-state index in [0.717, 1.165) is 22.2 Å². The van der Waals surface area contributed by atoms with Crippen LogP contribution < -0.4 is 10.5 Å². The van der Waals surface area contributed by atoms with Crippen LogP contribution in [-0.2, 0) is 6.42 Å². The zero-order valence-corrected chi connectivity index (χ0v) is 12.6. The number of halogens is 1. The van der Waals surface area contributed by atoms with E-state index in [1.165, 1.54) is 4.88 Å². The summed E-state index contributed by atoms with van der Waals surface area (Å²) in [5.74, 6) is 0.871. The monoisotopic (exact) mass is 325 g/mol. The Labute approximate surface area is 120 Å². The van der Waals surface area contributed by atoms with Gasteiger partial charge in [0.2, 0.25) is 0 Å². The summed E-state index contributed by atoms with van der Waals surface area (Å²) >= 11 is 5.28. The Morgan fingerprint density at radius 2 is 2.22 bits per heavy atom. The van der Waals surface area contributed by atoms with Crippen LogP contribution >= 0.6 is 27.3 Å². The zero-order valence-electron chi connectivity index (χ0n) is 10.2. The average molecular weight is 326 g/mol. The Morgan fingerprint density at radius 1 is 1.39 bits per heavy atom. The van der Waals surface area contributed by atoms with Crippen molar-refractivity contribution in [1.82, 2.24) is 0 Å². The Morgan fingerprint density at radius 3 is 2.83 bits per heavy atom. The number of hydrogen-bond donors (Lipinski definition) is 1. The fraction of sp³-hybridized carbons (Fsp3) is 0.286. The van der Waals surface area contributed by atoms with E-state index >= 15 is 0 Å². The second-order valence-corrected chi connectivity index (χ2v) is 6.04. The molecule has 0 aliphatic heterocycles. The largest absolute Gasteiger partial charge is 0.492 e. The van der Waals surface area contributed by atoms with Gasteiger partial charge in [0.15, 0.2) is 0 Å². The predicted octanol–water partition coefficient (Wildman–Crippen LogP) is 4.15. The number of thiophene rings is 1. The molecule has 0 amide bonds. The highest BCUT2D eigenvalue weighted by molar-refractivity contribution is 9.10. The number of benzene rings is 1. The summed E-state index contributed by atoms with van der Waals surface area (Å²) in [6.45, 7) is 2.66.